The van der Waals surface area contributed by atoms with Crippen LogP contribution in [-0.4, -0.2) is 36.4 Å². The van der Waals surface area contributed by atoms with Crippen LogP contribution in [0.25, 0.3) is 27.8 Å². The maximum absolute atomic E-state index is 12.2. The molecule has 0 aliphatic heterocycles. The van der Waals surface area contributed by atoms with Crippen molar-refractivity contribution in [3.8, 4) is 16.8 Å². The van der Waals surface area contributed by atoms with Gasteiger partial charge < -0.3 is 0 Å². The Balaban J connectivity index is 1.71. The average molecular weight is 377 g/mol. The van der Waals surface area contributed by atoms with Gasteiger partial charge in [-0.15, -0.1) is 0 Å². The number of para-hydroxylation sites is 1. The first-order chi connectivity index (χ1) is 13.0. The Labute approximate surface area is 158 Å². The molecule has 0 aliphatic carbocycles. The van der Waals surface area contributed by atoms with Crippen LogP contribution in [0.2, 0.25) is 0 Å². The molecule has 0 aliphatic rings. The van der Waals surface area contributed by atoms with Crippen LogP contribution in [0.4, 0.5) is 0 Å². The molecule has 0 unspecified atom stereocenters. The lowest BCUT2D eigenvalue weighted by atomic mass is 10.1. The highest BCUT2D eigenvalue weighted by Gasteiger charge is 2.16. The lowest BCUT2D eigenvalue weighted by Crippen LogP contribution is -2.22. The first-order valence-corrected chi connectivity index (χ1v) is 9.96. The molecule has 1 aromatic heterocycles. The van der Waals surface area contributed by atoms with Crippen LogP contribution in [0.5, 0.6) is 0 Å². The van der Waals surface area contributed by atoms with Gasteiger partial charge in [0.2, 0.25) is 10.0 Å². The van der Waals surface area contributed by atoms with E-state index >= 15 is 0 Å². The van der Waals surface area contributed by atoms with Crippen LogP contribution >= 0.6 is 0 Å². The van der Waals surface area contributed by atoms with Crippen molar-refractivity contribution >= 4 is 21.1 Å². The summed E-state index contributed by atoms with van der Waals surface area (Å²) in [4.78, 5) is 4.80. The van der Waals surface area contributed by atoms with Gasteiger partial charge in [0.1, 0.15) is 6.33 Å². The van der Waals surface area contributed by atoms with E-state index in [-0.39, 0.29) is 4.90 Å². The lowest BCUT2D eigenvalue weighted by Gasteiger charge is -2.11. The molecule has 0 saturated heterocycles. The molecule has 0 fully saturated rings. The Morgan fingerprint density at radius 3 is 2.19 bits per heavy atom. The van der Waals surface area contributed by atoms with Crippen LogP contribution in [0.1, 0.15) is 0 Å². The van der Waals surface area contributed by atoms with Crippen molar-refractivity contribution in [3.63, 3.8) is 0 Å². The summed E-state index contributed by atoms with van der Waals surface area (Å²) in [6.07, 6.45) is 1.82. The molecule has 3 aromatic carbocycles. The van der Waals surface area contributed by atoms with E-state index in [4.69, 9.17) is 0 Å². The number of sulfonamides is 1. The Hall–Kier alpha value is -2.96. The summed E-state index contributed by atoms with van der Waals surface area (Å²) in [6.45, 7) is 0. The Kier molecular flexibility index (Phi) is 4.30. The standard InChI is InChI=1S/C21H19N3O2S/c1-23(2)27(25,26)19-11-8-16(9-12-19)17-10-13-21-20(14-17)22-15-24(21)18-6-4-3-5-7-18/h3-15H,1-2H3. The lowest BCUT2D eigenvalue weighted by molar-refractivity contribution is 0.521. The van der Waals surface area contributed by atoms with Crippen LogP contribution in [0.3, 0.4) is 0 Å². The van der Waals surface area contributed by atoms with Crippen molar-refractivity contribution in [1.29, 1.82) is 0 Å². The van der Waals surface area contributed by atoms with Crippen molar-refractivity contribution in [2.24, 2.45) is 0 Å². The minimum absolute atomic E-state index is 0.283. The second-order valence-corrected chi connectivity index (χ2v) is 8.62. The van der Waals surface area contributed by atoms with Gasteiger partial charge in [-0.2, -0.15) is 0 Å². The minimum atomic E-state index is -3.42. The highest BCUT2D eigenvalue weighted by molar-refractivity contribution is 7.89. The van der Waals surface area contributed by atoms with E-state index in [1.165, 1.54) is 18.4 Å². The van der Waals surface area contributed by atoms with Gasteiger partial charge in [-0.3, -0.25) is 4.57 Å². The first-order valence-electron chi connectivity index (χ1n) is 8.52. The number of nitrogens with zero attached hydrogens (tertiary/aromatic N) is 3. The molecule has 0 bridgehead atoms. The van der Waals surface area contributed by atoms with Crippen molar-refractivity contribution in [2.75, 3.05) is 14.1 Å². The van der Waals surface area contributed by atoms with Crippen LogP contribution in [-0.2, 0) is 10.0 Å². The van der Waals surface area contributed by atoms with E-state index in [2.05, 4.69) is 4.98 Å². The van der Waals surface area contributed by atoms with Gasteiger partial charge >= 0.3 is 0 Å². The minimum Gasteiger partial charge on any atom is -0.299 e. The second-order valence-electron chi connectivity index (χ2n) is 6.47. The number of fused-ring (bicyclic) bond motifs is 1. The topological polar surface area (TPSA) is 55.2 Å². The zero-order valence-corrected chi connectivity index (χ0v) is 15.9. The van der Waals surface area contributed by atoms with E-state index in [0.29, 0.717) is 0 Å². The number of hydrogen-bond donors (Lipinski definition) is 0. The molecule has 4 rings (SSSR count). The van der Waals surface area contributed by atoms with E-state index in [9.17, 15) is 8.42 Å². The smallest absolute Gasteiger partial charge is 0.242 e. The molecule has 0 saturated carbocycles. The first kappa shape index (κ1) is 17.5. The highest BCUT2D eigenvalue weighted by atomic mass is 32.2. The molecule has 1 heterocycles. The van der Waals surface area contributed by atoms with E-state index in [1.54, 1.807) is 12.1 Å². The fraction of sp³-hybridized carbons (Fsp3) is 0.0952. The van der Waals surface area contributed by atoms with Gasteiger partial charge in [-0.1, -0.05) is 36.4 Å². The molecule has 6 heteroatoms. The average Bonchev–Trinajstić information content (AvgIpc) is 3.12. The molecule has 0 radical (unpaired) electrons. The molecular formula is C21H19N3O2S. The predicted octanol–water partition coefficient (Wildman–Crippen LogP) is 3.94. The summed E-state index contributed by atoms with van der Waals surface area (Å²) in [6, 6.07) is 23.1. The monoisotopic (exact) mass is 377 g/mol. The summed E-state index contributed by atoms with van der Waals surface area (Å²) in [5.41, 5.74) is 4.92. The van der Waals surface area contributed by atoms with E-state index < -0.39 is 10.0 Å². The summed E-state index contributed by atoms with van der Waals surface area (Å²) in [5.74, 6) is 0. The van der Waals surface area contributed by atoms with Crippen molar-refractivity contribution in [3.05, 3.63) is 79.1 Å². The zero-order valence-electron chi connectivity index (χ0n) is 15.1. The fourth-order valence-corrected chi connectivity index (χ4v) is 3.92. The summed E-state index contributed by atoms with van der Waals surface area (Å²) < 4.78 is 27.7. The predicted molar refractivity (Wildman–Crippen MR) is 107 cm³/mol. The third kappa shape index (κ3) is 3.13. The summed E-state index contributed by atoms with van der Waals surface area (Å²) in [5, 5.41) is 0. The summed E-state index contributed by atoms with van der Waals surface area (Å²) >= 11 is 0. The molecule has 0 N–H and O–H groups in total. The zero-order chi connectivity index (χ0) is 19.0. The number of imidazole rings is 1. The van der Waals surface area contributed by atoms with Gasteiger partial charge in [-0.05, 0) is 47.5 Å². The van der Waals surface area contributed by atoms with Crippen molar-refractivity contribution in [1.82, 2.24) is 13.9 Å². The largest absolute Gasteiger partial charge is 0.299 e. The SMILES string of the molecule is CN(C)S(=O)(=O)c1ccc(-c2ccc3c(c2)ncn3-c2ccccc2)cc1. The molecule has 136 valence electrons. The molecule has 0 atom stereocenters. The Bertz CT molecular complexity index is 1200. The normalized spacial score (nSPS) is 12.0. The molecule has 4 aromatic rings. The maximum Gasteiger partial charge on any atom is 0.242 e. The second kappa shape index (κ2) is 6.64. The van der Waals surface area contributed by atoms with Crippen LogP contribution in [0.15, 0.2) is 84.0 Å². The Morgan fingerprint density at radius 2 is 1.52 bits per heavy atom. The maximum atomic E-state index is 12.2. The molecule has 27 heavy (non-hydrogen) atoms. The fourth-order valence-electron chi connectivity index (χ4n) is 3.02. The van der Waals surface area contributed by atoms with Gasteiger partial charge in [0.15, 0.2) is 0 Å². The van der Waals surface area contributed by atoms with Gasteiger partial charge in [0.25, 0.3) is 0 Å². The van der Waals surface area contributed by atoms with Crippen LogP contribution < -0.4 is 0 Å². The Morgan fingerprint density at radius 1 is 0.852 bits per heavy atom. The van der Waals surface area contributed by atoms with Gasteiger partial charge in [0.05, 0.1) is 15.9 Å². The third-order valence-corrected chi connectivity index (χ3v) is 6.38. The van der Waals surface area contributed by atoms with Crippen molar-refractivity contribution in [2.45, 2.75) is 4.90 Å². The third-order valence-electron chi connectivity index (χ3n) is 4.55. The molecule has 0 spiro atoms. The molecular weight excluding hydrogens is 358 g/mol. The highest BCUT2D eigenvalue weighted by Crippen LogP contribution is 2.26. The number of benzene rings is 3. The molecule has 0 amide bonds. The van der Waals surface area contributed by atoms with E-state index in [0.717, 1.165) is 27.8 Å². The van der Waals surface area contributed by atoms with Crippen LogP contribution in [0, 0.1) is 0 Å². The number of aromatic nitrogens is 2. The van der Waals surface area contributed by atoms with E-state index in [1.807, 2.05) is 71.6 Å². The summed E-state index contributed by atoms with van der Waals surface area (Å²) in [7, 11) is -0.364. The number of hydrogen-bond acceptors (Lipinski definition) is 3. The molecule has 5 nitrogen and oxygen atoms in total. The van der Waals surface area contributed by atoms with Crippen molar-refractivity contribution < 1.29 is 8.42 Å². The van der Waals surface area contributed by atoms with Gasteiger partial charge in [-0.25, -0.2) is 17.7 Å². The van der Waals surface area contributed by atoms with Gasteiger partial charge in [0, 0.05) is 19.8 Å². The quantitative estimate of drug-likeness (QED) is 0.541. The number of rotatable bonds is 4.